The van der Waals surface area contributed by atoms with Gasteiger partial charge in [-0.2, -0.15) is 0 Å². The van der Waals surface area contributed by atoms with Gasteiger partial charge in [0.15, 0.2) is 5.76 Å². The maximum Gasteiger partial charge on any atom is 0.270 e. The summed E-state index contributed by atoms with van der Waals surface area (Å²) in [6.07, 6.45) is 1.45. The van der Waals surface area contributed by atoms with E-state index in [0.29, 0.717) is 28.2 Å². The number of nitro benzene ring substituents is 1. The lowest BCUT2D eigenvalue weighted by Gasteiger charge is -2.08. The summed E-state index contributed by atoms with van der Waals surface area (Å²) in [5, 5.41) is 11.2. The van der Waals surface area contributed by atoms with E-state index in [-0.39, 0.29) is 28.9 Å². The predicted octanol–water partition coefficient (Wildman–Crippen LogP) is 5.58. The zero-order valence-electron chi connectivity index (χ0n) is 15.3. The number of nitrogens with zero attached hydrogens (tertiary/aromatic N) is 1. The molecule has 0 aliphatic carbocycles. The Hall–Kier alpha value is -3.71. The number of non-ortho nitro benzene ring substituents is 1. The first-order chi connectivity index (χ1) is 14.4. The number of benzene rings is 3. The van der Waals surface area contributed by atoms with Gasteiger partial charge in [0.25, 0.3) is 5.69 Å². The van der Waals surface area contributed by atoms with Gasteiger partial charge in [-0.15, -0.1) is 0 Å². The largest absolute Gasteiger partial charge is 0.489 e. The molecule has 0 N–H and O–H groups in total. The van der Waals surface area contributed by atoms with E-state index in [1.54, 1.807) is 24.3 Å². The third-order valence-electron chi connectivity index (χ3n) is 4.43. The van der Waals surface area contributed by atoms with Crippen LogP contribution in [-0.2, 0) is 6.61 Å². The Bertz CT molecular complexity index is 1210. The van der Waals surface area contributed by atoms with Gasteiger partial charge in [0.05, 0.1) is 15.5 Å². The van der Waals surface area contributed by atoms with Crippen LogP contribution in [0.5, 0.6) is 11.5 Å². The molecule has 0 bridgehead atoms. The van der Waals surface area contributed by atoms with Crippen LogP contribution in [0, 0.1) is 15.9 Å². The fraction of sp³-hybridized carbons (Fsp3) is 0.0455. The number of nitro groups is 1. The Morgan fingerprint density at radius 3 is 2.73 bits per heavy atom. The van der Waals surface area contributed by atoms with Crippen LogP contribution < -0.4 is 9.47 Å². The quantitative estimate of drug-likeness (QED) is 0.303. The van der Waals surface area contributed by atoms with E-state index < -0.39 is 10.7 Å². The molecule has 0 saturated heterocycles. The lowest BCUT2D eigenvalue weighted by atomic mass is 10.1. The van der Waals surface area contributed by atoms with Crippen molar-refractivity contribution in [2.24, 2.45) is 0 Å². The Balaban J connectivity index is 1.52. The maximum atomic E-state index is 13.1. The Morgan fingerprint density at radius 1 is 1.13 bits per heavy atom. The molecule has 0 unspecified atom stereocenters. The molecule has 0 amide bonds. The number of carbonyl (C=O) groups excluding carboxylic acids is 1. The number of rotatable bonds is 5. The van der Waals surface area contributed by atoms with Gasteiger partial charge in [0.2, 0.25) is 5.78 Å². The second-order valence-electron chi connectivity index (χ2n) is 6.47. The van der Waals surface area contributed by atoms with Gasteiger partial charge in [0.1, 0.15) is 23.9 Å². The highest BCUT2D eigenvalue weighted by molar-refractivity contribution is 6.31. The molecule has 6 nitrogen and oxygen atoms in total. The predicted molar refractivity (Wildman–Crippen MR) is 108 cm³/mol. The minimum atomic E-state index is -0.509. The molecule has 0 spiro atoms. The highest BCUT2D eigenvalue weighted by Gasteiger charge is 2.28. The van der Waals surface area contributed by atoms with Crippen LogP contribution in [0.25, 0.3) is 6.08 Å². The number of carbonyl (C=O) groups is 1. The molecule has 3 aromatic rings. The first-order valence-corrected chi connectivity index (χ1v) is 9.18. The molecule has 8 heteroatoms. The number of allylic oxidation sites excluding steroid dienone is 1. The van der Waals surface area contributed by atoms with Crippen molar-refractivity contribution >= 4 is 29.1 Å². The van der Waals surface area contributed by atoms with Gasteiger partial charge in [-0.1, -0.05) is 29.8 Å². The molecule has 30 heavy (non-hydrogen) atoms. The topological polar surface area (TPSA) is 78.7 Å². The van der Waals surface area contributed by atoms with Crippen LogP contribution in [0.2, 0.25) is 5.02 Å². The van der Waals surface area contributed by atoms with Gasteiger partial charge in [-0.05, 0) is 35.9 Å². The molecule has 0 saturated carbocycles. The molecule has 0 atom stereocenters. The van der Waals surface area contributed by atoms with Crippen LogP contribution in [0.15, 0.2) is 66.4 Å². The normalized spacial score (nSPS) is 13.8. The van der Waals surface area contributed by atoms with Crippen LogP contribution in [0.1, 0.15) is 21.5 Å². The summed E-state index contributed by atoms with van der Waals surface area (Å²) >= 11 is 6.00. The number of ether oxygens (including phenoxy) is 2. The second-order valence-corrected chi connectivity index (χ2v) is 6.88. The van der Waals surface area contributed by atoms with Crippen molar-refractivity contribution in [3.63, 3.8) is 0 Å². The van der Waals surface area contributed by atoms with Gasteiger partial charge in [0, 0.05) is 23.8 Å². The average molecular weight is 426 g/mol. The van der Waals surface area contributed by atoms with Crippen LogP contribution in [0.4, 0.5) is 10.1 Å². The summed E-state index contributed by atoms with van der Waals surface area (Å²) in [7, 11) is 0. The number of Topliss-reactive ketones (excluding diaryl/α,β-unsaturated/α-hetero) is 1. The maximum absolute atomic E-state index is 13.1. The van der Waals surface area contributed by atoms with E-state index in [4.69, 9.17) is 21.1 Å². The number of hydrogen-bond donors (Lipinski definition) is 0. The van der Waals surface area contributed by atoms with Crippen molar-refractivity contribution in [2.75, 3.05) is 0 Å². The summed E-state index contributed by atoms with van der Waals surface area (Å²) in [4.78, 5) is 23.0. The fourth-order valence-electron chi connectivity index (χ4n) is 2.94. The molecule has 150 valence electrons. The molecule has 4 rings (SSSR count). The molecule has 1 aliphatic heterocycles. The van der Waals surface area contributed by atoms with Crippen LogP contribution in [0.3, 0.4) is 0 Å². The Morgan fingerprint density at radius 2 is 1.97 bits per heavy atom. The van der Waals surface area contributed by atoms with E-state index in [2.05, 4.69) is 0 Å². The first-order valence-electron chi connectivity index (χ1n) is 8.80. The van der Waals surface area contributed by atoms with Crippen LogP contribution in [-0.4, -0.2) is 10.7 Å². The molecule has 0 aromatic heterocycles. The lowest BCUT2D eigenvalue weighted by Crippen LogP contribution is -1.98. The SMILES string of the molecule is O=C1C(=Cc2cccc([N+](=O)[O-])c2)Oc2cc(OCc3ccc(F)cc3Cl)ccc21. The summed E-state index contributed by atoms with van der Waals surface area (Å²) in [5.41, 5.74) is 1.37. The van der Waals surface area contributed by atoms with Crippen molar-refractivity contribution in [1.82, 2.24) is 0 Å². The Kier molecular flexibility index (Phi) is 5.20. The summed E-state index contributed by atoms with van der Waals surface area (Å²) in [6.45, 7) is 0.113. The second kappa shape index (κ2) is 7.96. The number of hydrogen-bond acceptors (Lipinski definition) is 5. The van der Waals surface area contributed by atoms with Crippen molar-refractivity contribution in [3.8, 4) is 11.5 Å². The lowest BCUT2D eigenvalue weighted by molar-refractivity contribution is -0.384. The van der Waals surface area contributed by atoms with E-state index in [0.717, 1.165) is 0 Å². The molecule has 0 radical (unpaired) electrons. The third kappa shape index (κ3) is 4.01. The molecule has 3 aromatic carbocycles. The Labute approximate surface area is 175 Å². The molecule has 1 heterocycles. The minimum Gasteiger partial charge on any atom is -0.489 e. The van der Waals surface area contributed by atoms with Crippen molar-refractivity contribution in [3.05, 3.63) is 104 Å². The van der Waals surface area contributed by atoms with Crippen molar-refractivity contribution < 1.29 is 23.6 Å². The van der Waals surface area contributed by atoms with Crippen molar-refractivity contribution in [1.29, 1.82) is 0 Å². The zero-order chi connectivity index (χ0) is 21.3. The standard InChI is InChI=1S/C22H13ClFNO5/c23-19-10-15(24)5-4-14(19)12-29-17-6-7-18-20(11-17)30-21(22(18)26)9-13-2-1-3-16(8-13)25(27)28/h1-11H,12H2. The third-order valence-corrected chi connectivity index (χ3v) is 4.78. The summed E-state index contributed by atoms with van der Waals surface area (Å²) < 4.78 is 24.5. The minimum absolute atomic E-state index is 0.0595. The molecular weight excluding hydrogens is 413 g/mol. The van der Waals surface area contributed by atoms with Crippen LogP contribution >= 0.6 is 11.6 Å². The average Bonchev–Trinajstić information content (AvgIpc) is 3.02. The van der Waals surface area contributed by atoms with E-state index in [9.17, 15) is 19.3 Å². The summed E-state index contributed by atoms with van der Waals surface area (Å²) in [5.74, 6) is 0.0584. The van der Waals surface area contributed by atoms with E-state index in [1.807, 2.05) is 0 Å². The van der Waals surface area contributed by atoms with Gasteiger partial charge >= 0.3 is 0 Å². The first kappa shape index (κ1) is 19.6. The number of ketones is 1. The fourth-order valence-corrected chi connectivity index (χ4v) is 3.16. The molecule has 1 aliphatic rings. The zero-order valence-corrected chi connectivity index (χ0v) is 16.1. The van der Waals surface area contributed by atoms with Gasteiger partial charge in [-0.3, -0.25) is 14.9 Å². The van der Waals surface area contributed by atoms with Crippen molar-refractivity contribution in [2.45, 2.75) is 6.61 Å². The van der Waals surface area contributed by atoms with E-state index in [1.165, 1.54) is 42.5 Å². The highest BCUT2D eigenvalue weighted by atomic mass is 35.5. The highest BCUT2D eigenvalue weighted by Crippen LogP contribution is 2.35. The summed E-state index contributed by atoms with van der Waals surface area (Å²) in [6, 6.07) is 14.7. The van der Waals surface area contributed by atoms with E-state index >= 15 is 0 Å². The molecular formula is C22H13ClFNO5. The smallest absolute Gasteiger partial charge is 0.270 e. The number of fused-ring (bicyclic) bond motifs is 1. The monoisotopic (exact) mass is 425 g/mol. The molecule has 0 fully saturated rings. The van der Waals surface area contributed by atoms with Gasteiger partial charge in [-0.25, -0.2) is 4.39 Å². The van der Waals surface area contributed by atoms with Gasteiger partial charge < -0.3 is 9.47 Å². The number of halogens is 2.